The zero-order chi connectivity index (χ0) is 15.0. The number of nitrogens with zero attached hydrogens (tertiary/aromatic N) is 1. The van der Waals surface area contributed by atoms with Crippen LogP contribution < -0.4 is 15.0 Å². The van der Waals surface area contributed by atoms with E-state index in [1.807, 2.05) is 25.1 Å². The van der Waals surface area contributed by atoms with E-state index in [2.05, 4.69) is 5.32 Å². The Bertz CT molecular complexity index is 568. The number of ether oxygens (including phenoxy) is 1. The molecule has 2 atom stereocenters. The minimum absolute atomic E-state index is 0.0845. The van der Waals surface area contributed by atoms with Crippen molar-refractivity contribution in [1.82, 2.24) is 5.32 Å². The molecule has 0 bridgehead atoms. The number of hydrogen-bond acceptors (Lipinski definition) is 3. The van der Waals surface area contributed by atoms with Crippen LogP contribution in [-0.4, -0.2) is 30.5 Å². The highest BCUT2D eigenvalue weighted by atomic mass is 16.5. The Morgan fingerprint density at radius 2 is 2.05 bits per heavy atom. The number of nitrogens with one attached hydrogen (secondary N) is 1. The lowest BCUT2D eigenvalue weighted by Crippen LogP contribution is -2.52. The van der Waals surface area contributed by atoms with Gasteiger partial charge in [0.05, 0.1) is 12.2 Å². The van der Waals surface area contributed by atoms with Gasteiger partial charge in [0.15, 0.2) is 6.10 Å². The second-order valence-corrected chi connectivity index (χ2v) is 5.84. The largest absolute Gasteiger partial charge is 0.477 e. The second-order valence-electron chi connectivity index (χ2n) is 5.84. The number of para-hydroxylation sites is 2. The predicted octanol–water partition coefficient (Wildman–Crippen LogP) is 1.72. The molecule has 0 saturated heterocycles. The Morgan fingerprint density at radius 3 is 2.71 bits per heavy atom. The predicted molar refractivity (Wildman–Crippen MR) is 79.2 cm³/mol. The molecule has 1 aliphatic heterocycles. The maximum atomic E-state index is 12.3. The van der Waals surface area contributed by atoms with Crippen LogP contribution in [0, 0.1) is 5.92 Å². The van der Waals surface area contributed by atoms with E-state index in [1.165, 1.54) is 19.8 Å². The van der Waals surface area contributed by atoms with Crippen LogP contribution in [0.5, 0.6) is 5.75 Å². The van der Waals surface area contributed by atoms with E-state index in [1.54, 1.807) is 11.0 Å². The first-order valence-corrected chi connectivity index (χ1v) is 7.40. The van der Waals surface area contributed by atoms with Crippen LogP contribution in [0.3, 0.4) is 0 Å². The van der Waals surface area contributed by atoms with Gasteiger partial charge in [0, 0.05) is 13.0 Å². The fraction of sp³-hybridized carbons (Fsp3) is 0.500. The van der Waals surface area contributed by atoms with Crippen molar-refractivity contribution >= 4 is 17.5 Å². The number of anilines is 1. The third kappa shape index (κ3) is 2.86. The fourth-order valence-electron chi connectivity index (χ4n) is 2.70. The smallest absolute Gasteiger partial charge is 0.263 e. The lowest BCUT2D eigenvalue weighted by Gasteiger charge is -2.34. The van der Waals surface area contributed by atoms with Crippen molar-refractivity contribution < 1.29 is 14.3 Å². The maximum Gasteiger partial charge on any atom is 0.263 e. The summed E-state index contributed by atoms with van der Waals surface area (Å²) in [7, 11) is 0. The molecule has 3 rings (SSSR count). The molecule has 2 aliphatic rings. The molecule has 0 spiro atoms. The highest BCUT2D eigenvalue weighted by molar-refractivity contribution is 5.95. The number of amides is 2. The SMILES string of the molecule is CC(=O)N1CC(C(=O)NC(C)C2CC2)Oc2ccccc21. The van der Waals surface area contributed by atoms with Crippen LogP contribution in [0.15, 0.2) is 24.3 Å². The van der Waals surface area contributed by atoms with Gasteiger partial charge < -0.3 is 15.0 Å². The summed E-state index contributed by atoms with van der Waals surface area (Å²) in [5.74, 6) is 0.945. The molecule has 5 heteroatoms. The number of benzene rings is 1. The molecule has 5 nitrogen and oxygen atoms in total. The van der Waals surface area contributed by atoms with Crippen LogP contribution in [0.2, 0.25) is 0 Å². The fourth-order valence-corrected chi connectivity index (χ4v) is 2.70. The van der Waals surface area contributed by atoms with Crippen molar-refractivity contribution in [3.63, 3.8) is 0 Å². The van der Waals surface area contributed by atoms with E-state index >= 15 is 0 Å². The Labute approximate surface area is 124 Å². The molecular formula is C16H20N2O3. The molecule has 1 aliphatic carbocycles. The summed E-state index contributed by atoms with van der Waals surface area (Å²) in [6.07, 6.45) is 1.70. The molecule has 2 amide bonds. The lowest BCUT2D eigenvalue weighted by molar-refractivity contribution is -0.129. The van der Waals surface area contributed by atoms with E-state index in [0.717, 1.165) is 5.69 Å². The van der Waals surface area contributed by atoms with Gasteiger partial charge in [-0.25, -0.2) is 0 Å². The Hall–Kier alpha value is -2.04. The van der Waals surface area contributed by atoms with Gasteiger partial charge in [0.25, 0.3) is 5.91 Å². The van der Waals surface area contributed by atoms with Crippen molar-refractivity contribution in [3.8, 4) is 5.75 Å². The normalized spacial score (nSPS) is 22.0. The maximum absolute atomic E-state index is 12.3. The number of carbonyl (C=O) groups is 2. The second kappa shape index (κ2) is 5.39. The molecule has 0 aromatic heterocycles. The Balaban J connectivity index is 1.76. The topological polar surface area (TPSA) is 58.6 Å². The first-order chi connectivity index (χ1) is 10.1. The van der Waals surface area contributed by atoms with Crippen LogP contribution in [0.25, 0.3) is 0 Å². The monoisotopic (exact) mass is 288 g/mol. The molecular weight excluding hydrogens is 268 g/mol. The molecule has 1 heterocycles. The van der Waals surface area contributed by atoms with Gasteiger partial charge in [-0.05, 0) is 37.8 Å². The van der Waals surface area contributed by atoms with Gasteiger partial charge in [-0.2, -0.15) is 0 Å². The van der Waals surface area contributed by atoms with Crippen molar-refractivity contribution in [2.75, 3.05) is 11.4 Å². The van der Waals surface area contributed by atoms with E-state index < -0.39 is 6.10 Å². The van der Waals surface area contributed by atoms with E-state index in [-0.39, 0.29) is 24.4 Å². The van der Waals surface area contributed by atoms with Crippen LogP contribution in [0.4, 0.5) is 5.69 Å². The summed E-state index contributed by atoms with van der Waals surface area (Å²) in [5, 5.41) is 3.00. The first kappa shape index (κ1) is 13.9. The van der Waals surface area contributed by atoms with Gasteiger partial charge in [-0.3, -0.25) is 9.59 Å². The van der Waals surface area contributed by atoms with Gasteiger partial charge in [0.1, 0.15) is 5.75 Å². The first-order valence-electron chi connectivity index (χ1n) is 7.40. The third-order valence-corrected chi connectivity index (χ3v) is 4.15. The molecule has 1 fully saturated rings. The minimum atomic E-state index is -0.648. The standard InChI is InChI=1S/C16H20N2O3/c1-10(12-7-8-12)17-16(20)15-9-18(11(2)19)13-5-3-4-6-14(13)21-15/h3-6,10,12,15H,7-9H2,1-2H3,(H,17,20). The van der Waals surface area contributed by atoms with E-state index in [0.29, 0.717) is 11.7 Å². The summed E-state index contributed by atoms with van der Waals surface area (Å²) < 4.78 is 5.77. The average molecular weight is 288 g/mol. The van der Waals surface area contributed by atoms with E-state index in [4.69, 9.17) is 4.74 Å². The van der Waals surface area contributed by atoms with Crippen molar-refractivity contribution in [3.05, 3.63) is 24.3 Å². The quantitative estimate of drug-likeness (QED) is 0.921. The summed E-state index contributed by atoms with van der Waals surface area (Å²) in [5.41, 5.74) is 0.726. The molecule has 112 valence electrons. The molecule has 21 heavy (non-hydrogen) atoms. The summed E-state index contributed by atoms with van der Waals surface area (Å²) in [4.78, 5) is 25.8. The van der Waals surface area contributed by atoms with E-state index in [9.17, 15) is 9.59 Å². The Kier molecular flexibility index (Phi) is 3.57. The lowest BCUT2D eigenvalue weighted by atomic mass is 10.1. The third-order valence-electron chi connectivity index (χ3n) is 4.15. The van der Waals surface area contributed by atoms with Gasteiger partial charge >= 0.3 is 0 Å². The molecule has 0 radical (unpaired) electrons. The summed E-state index contributed by atoms with van der Waals surface area (Å²) >= 11 is 0. The van der Waals surface area contributed by atoms with Crippen LogP contribution in [-0.2, 0) is 9.59 Å². The summed E-state index contributed by atoms with van der Waals surface area (Å²) in [6, 6.07) is 7.48. The van der Waals surface area contributed by atoms with Crippen molar-refractivity contribution in [2.24, 2.45) is 5.92 Å². The zero-order valence-corrected chi connectivity index (χ0v) is 12.3. The highest BCUT2D eigenvalue weighted by Gasteiger charge is 2.35. The van der Waals surface area contributed by atoms with Crippen molar-refractivity contribution in [2.45, 2.75) is 38.8 Å². The molecule has 1 N–H and O–H groups in total. The van der Waals surface area contributed by atoms with Crippen molar-refractivity contribution in [1.29, 1.82) is 0 Å². The zero-order valence-electron chi connectivity index (χ0n) is 12.3. The van der Waals surface area contributed by atoms with Gasteiger partial charge in [0.2, 0.25) is 5.91 Å². The molecule has 1 saturated carbocycles. The average Bonchev–Trinajstić information content (AvgIpc) is 3.30. The molecule has 1 aromatic rings. The number of hydrogen-bond donors (Lipinski definition) is 1. The van der Waals surface area contributed by atoms with Crippen LogP contribution in [0.1, 0.15) is 26.7 Å². The number of carbonyl (C=O) groups excluding carboxylic acids is 2. The number of fused-ring (bicyclic) bond motifs is 1. The summed E-state index contributed by atoms with van der Waals surface area (Å²) in [6.45, 7) is 3.79. The minimum Gasteiger partial charge on any atom is -0.477 e. The molecule has 1 aromatic carbocycles. The number of rotatable bonds is 3. The van der Waals surface area contributed by atoms with Gasteiger partial charge in [-0.15, -0.1) is 0 Å². The Morgan fingerprint density at radius 1 is 1.33 bits per heavy atom. The van der Waals surface area contributed by atoms with Crippen LogP contribution >= 0.6 is 0 Å². The van der Waals surface area contributed by atoms with Gasteiger partial charge in [-0.1, -0.05) is 12.1 Å². The molecule has 2 unspecified atom stereocenters. The highest BCUT2D eigenvalue weighted by Crippen LogP contribution is 2.34.